The molecule has 1 fully saturated rings. The zero-order valence-electron chi connectivity index (χ0n) is 13.5. The van der Waals surface area contributed by atoms with E-state index in [1.165, 1.54) is 0 Å². The van der Waals surface area contributed by atoms with Crippen molar-refractivity contribution < 1.29 is 14.7 Å². The van der Waals surface area contributed by atoms with Crippen LogP contribution in [0.3, 0.4) is 0 Å². The molecule has 124 valence electrons. The van der Waals surface area contributed by atoms with Gasteiger partial charge >= 0.3 is 5.97 Å². The lowest BCUT2D eigenvalue weighted by molar-refractivity contribution is -0.142. The minimum absolute atomic E-state index is 0.0305. The van der Waals surface area contributed by atoms with E-state index in [1.807, 2.05) is 49.4 Å². The molecular weight excluding hydrogens is 304 g/mol. The fourth-order valence-corrected chi connectivity index (χ4v) is 3.05. The highest BCUT2D eigenvalue weighted by atomic mass is 16.4. The summed E-state index contributed by atoms with van der Waals surface area (Å²) in [6.07, 6.45) is 0. The molecule has 3 rings (SSSR count). The van der Waals surface area contributed by atoms with Gasteiger partial charge in [0.15, 0.2) is 0 Å². The second kappa shape index (κ2) is 6.74. The lowest BCUT2D eigenvalue weighted by atomic mass is 9.99. The van der Waals surface area contributed by atoms with Crippen LogP contribution in [-0.2, 0) is 4.79 Å². The van der Waals surface area contributed by atoms with E-state index >= 15 is 0 Å². The Hall–Kier alpha value is -2.82. The Labute approximate surface area is 140 Å². The molecule has 5 heteroatoms. The molecule has 1 aliphatic heterocycles. The quantitative estimate of drug-likeness (QED) is 0.906. The number of para-hydroxylation sites is 1. The number of aliphatic carboxylic acids is 1. The molecule has 0 spiro atoms. The first-order valence-electron chi connectivity index (χ1n) is 7.99. The average molecular weight is 324 g/mol. The van der Waals surface area contributed by atoms with Crippen molar-refractivity contribution in [2.24, 2.45) is 11.8 Å². The van der Waals surface area contributed by atoms with Gasteiger partial charge in [0.2, 0.25) is 0 Å². The molecule has 0 bridgehead atoms. The van der Waals surface area contributed by atoms with Crippen LogP contribution in [0.2, 0.25) is 0 Å². The molecule has 2 atom stereocenters. The summed E-state index contributed by atoms with van der Waals surface area (Å²) in [7, 11) is 0. The van der Waals surface area contributed by atoms with Gasteiger partial charge in [0.1, 0.15) is 0 Å². The van der Waals surface area contributed by atoms with Gasteiger partial charge in [-0.3, -0.25) is 9.59 Å². The van der Waals surface area contributed by atoms with Crippen LogP contribution in [0.25, 0.3) is 0 Å². The van der Waals surface area contributed by atoms with E-state index < -0.39 is 11.9 Å². The monoisotopic (exact) mass is 324 g/mol. The largest absolute Gasteiger partial charge is 0.481 e. The molecule has 2 aromatic rings. The van der Waals surface area contributed by atoms with Crippen molar-refractivity contribution in [1.29, 1.82) is 0 Å². The first-order valence-corrected chi connectivity index (χ1v) is 7.99. The van der Waals surface area contributed by atoms with E-state index in [1.54, 1.807) is 17.0 Å². The van der Waals surface area contributed by atoms with Crippen molar-refractivity contribution in [3.8, 4) is 0 Å². The van der Waals surface area contributed by atoms with Gasteiger partial charge in [-0.1, -0.05) is 31.2 Å². The summed E-state index contributed by atoms with van der Waals surface area (Å²) in [4.78, 5) is 25.5. The maximum Gasteiger partial charge on any atom is 0.308 e. The first-order chi connectivity index (χ1) is 11.5. The number of likely N-dealkylation sites (tertiary alicyclic amines) is 1. The van der Waals surface area contributed by atoms with Gasteiger partial charge in [-0.25, -0.2) is 0 Å². The second-order valence-electron chi connectivity index (χ2n) is 6.20. The third-order valence-corrected chi connectivity index (χ3v) is 4.39. The van der Waals surface area contributed by atoms with Crippen molar-refractivity contribution in [1.82, 2.24) is 4.90 Å². The molecule has 5 nitrogen and oxygen atoms in total. The Morgan fingerprint density at radius 3 is 2.42 bits per heavy atom. The Kier molecular flexibility index (Phi) is 4.51. The fourth-order valence-electron chi connectivity index (χ4n) is 3.05. The number of hydrogen-bond donors (Lipinski definition) is 2. The number of benzene rings is 2. The summed E-state index contributed by atoms with van der Waals surface area (Å²) in [6, 6.07) is 17.0. The van der Waals surface area contributed by atoms with Gasteiger partial charge < -0.3 is 15.3 Å². The highest BCUT2D eigenvalue weighted by Crippen LogP contribution is 2.25. The standard InChI is InChI=1S/C19H20N2O3/c1-13-11-21(12-17(13)19(23)24)18(22)14-6-5-9-16(10-14)20-15-7-3-2-4-8-15/h2-10,13,17,20H,11-12H2,1H3,(H,23,24)/t13-,17-/m1/s1. The van der Waals surface area contributed by atoms with Gasteiger partial charge in [-0.15, -0.1) is 0 Å². The number of carbonyl (C=O) groups excluding carboxylic acids is 1. The number of anilines is 2. The number of nitrogens with one attached hydrogen (secondary N) is 1. The predicted molar refractivity (Wildman–Crippen MR) is 92.4 cm³/mol. The summed E-state index contributed by atoms with van der Waals surface area (Å²) in [6.45, 7) is 2.62. The summed E-state index contributed by atoms with van der Waals surface area (Å²) >= 11 is 0. The molecule has 1 aliphatic rings. The van der Waals surface area contributed by atoms with Gasteiger partial charge in [0.25, 0.3) is 5.91 Å². The third-order valence-electron chi connectivity index (χ3n) is 4.39. The predicted octanol–water partition coefficient (Wildman–Crippen LogP) is 3.22. The Morgan fingerprint density at radius 1 is 1.04 bits per heavy atom. The van der Waals surface area contributed by atoms with Crippen molar-refractivity contribution in [3.05, 3.63) is 60.2 Å². The Balaban J connectivity index is 1.74. The fraction of sp³-hybridized carbons (Fsp3) is 0.263. The summed E-state index contributed by atoms with van der Waals surface area (Å²) in [5.41, 5.74) is 2.34. The van der Waals surface area contributed by atoms with Crippen LogP contribution in [-0.4, -0.2) is 35.0 Å². The summed E-state index contributed by atoms with van der Waals surface area (Å²) in [5.74, 6) is -1.48. The van der Waals surface area contributed by atoms with E-state index in [0.717, 1.165) is 11.4 Å². The van der Waals surface area contributed by atoms with Crippen molar-refractivity contribution in [3.63, 3.8) is 0 Å². The van der Waals surface area contributed by atoms with E-state index in [-0.39, 0.29) is 18.4 Å². The number of carboxylic acids is 1. The highest BCUT2D eigenvalue weighted by Gasteiger charge is 2.37. The molecule has 1 amide bonds. The molecule has 1 heterocycles. The van der Waals surface area contributed by atoms with Crippen molar-refractivity contribution >= 4 is 23.3 Å². The van der Waals surface area contributed by atoms with Crippen LogP contribution >= 0.6 is 0 Å². The summed E-state index contributed by atoms with van der Waals surface area (Å²) < 4.78 is 0. The van der Waals surface area contributed by atoms with Crippen LogP contribution in [0.1, 0.15) is 17.3 Å². The summed E-state index contributed by atoms with van der Waals surface area (Å²) in [5, 5.41) is 12.5. The molecular formula is C19H20N2O3. The van der Waals surface area contributed by atoms with Crippen LogP contribution in [0.4, 0.5) is 11.4 Å². The molecule has 0 aliphatic carbocycles. The smallest absolute Gasteiger partial charge is 0.308 e. The van der Waals surface area contributed by atoms with E-state index in [2.05, 4.69) is 5.32 Å². The van der Waals surface area contributed by atoms with Gasteiger partial charge in [-0.05, 0) is 36.2 Å². The van der Waals surface area contributed by atoms with E-state index in [4.69, 9.17) is 0 Å². The number of carboxylic acid groups (broad SMARTS) is 1. The molecule has 0 aromatic heterocycles. The van der Waals surface area contributed by atoms with Crippen LogP contribution < -0.4 is 5.32 Å². The highest BCUT2D eigenvalue weighted by molar-refractivity contribution is 5.96. The molecule has 0 saturated carbocycles. The van der Waals surface area contributed by atoms with Crippen molar-refractivity contribution in [2.45, 2.75) is 6.92 Å². The second-order valence-corrected chi connectivity index (χ2v) is 6.20. The van der Waals surface area contributed by atoms with Crippen LogP contribution in [0.5, 0.6) is 0 Å². The average Bonchev–Trinajstić information content (AvgIpc) is 2.97. The minimum atomic E-state index is -0.836. The van der Waals surface area contributed by atoms with Gasteiger partial charge in [0, 0.05) is 30.0 Å². The molecule has 0 radical (unpaired) electrons. The van der Waals surface area contributed by atoms with Crippen molar-refractivity contribution in [2.75, 3.05) is 18.4 Å². The van der Waals surface area contributed by atoms with Gasteiger partial charge in [-0.2, -0.15) is 0 Å². The minimum Gasteiger partial charge on any atom is -0.481 e. The number of amides is 1. The van der Waals surface area contributed by atoms with E-state index in [0.29, 0.717) is 12.1 Å². The molecule has 1 saturated heterocycles. The Bertz CT molecular complexity index is 745. The lowest BCUT2D eigenvalue weighted by Gasteiger charge is -2.16. The third kappa shape index (κ3) is 3.40. The number of nitrogens with zero attached hydrogens (tertiary/aromatic N) is 1. The maximum absolute atomic E-state index is 12.7. The molecule has 2 N–H and O–H groups in total. The first kappa shape index (κ1) is 16.1. The molecule has 2 aromatic carbocycles. The van der Waals surface area contributed by atoms with Gasteiger partial charge in [0.05, 0.1) is 5.92 Å². The topological polar surface area (TPSA) is 69.6 Å². The normalized spacial score (nSPS) is 20.0. The maximum atomic E-state index is 12.7. The molecule has 24 heavy (non-hydrogen) atoms. The lowest BCUT2D eigenvalue weighted by Crippen LogP contribution is -2.29. The number of rotatable bonds is 4. The van der Waals surface area contributed by atoms with E-state index in [9.17, 15) is 14.7 Å². The van der Waals surface area contributed by atoms with Crippen LogP contribution in [0, 0.1) is 11.8 Å². The molecule has 0 unspecified atom stereocenters. The SMILES string of the molecule is C[C@@H]1CN(C(=O)c2cccc(Nc3ccccc3)c2)C[C@H]1C(=O)O. The van der Waals surface area contributed by atoms with Crippen LogP contribution in [0.15, 0.2) is 54.6 Å². The zero-order valence-corrected chi connectivity index (χ0v) is 13.5. The zero-order chi connectivity index (χ0) is 17.1. The Morgan fingerprint density at radius 2 is 1.75 bits per heavy atom. The number of carbonyl (C=O) groups is 2. The number of hydrogen-bond acceptors (Lipinski definition) is 3.